The van der Waals surface area contributed by atoms with Gasteiger partial charge < -0.3 is 0 Å². The summed E-state index contributed by atoms with van der Waals surface area (Å²) in [5.74, 6) is 0. The summed E-state index contributed by atoms with van der Waals surface area (Å²) in [4.78, 5) is 4.77. The Labute approximate surface area is 92.9 Å². The van der Waals surface area contributed by atoms with Crippen LogP contribution < -0.4 is 0 Å². The highest BCUT2D eigenvalue weighted by atomic mass is 14.7. The molecule has 0 saturated heterocycles. The predicted octanol–water partition coefficient (Wildman–Crippen LogP) is 3.92. The van der Waals surface area contributed by atoms with Gasteiger partial charge >= 0.3 is 0 Å². The molecule has 1 aromatic heterocycles. The number of hydrogen-bond donors (Lipinski definition) is 0. The van der Waals surface area contributed by atoms with Gasteiger partial charge in [-0.15, -0.1) is 0 Å². The molecule has 0 bridgehead atoms. The van der Waals surface area contributed by atoms with E-state index in [-0.39, 0.29) is 0 Å². The maximum atomic E-state index is 4.77. The first-order valence-electron chi connectivity index (χ1n) is 6.07. The number of rotatable bonds is 1. The largest absolute Gasteiger partial charge is 0.257 e. The molecule has 1 fully saturated rings. The smallest absolute Gasteiger partial charge is 0.0494 e. The topological polar surface area (TPSA) is 12.9 Å². The fourth-order valence-corrected chi connectivity index (χ4v) is 2.81. The molecular formula is C14H21N. The quantitative estimate of drug-likeness (QED) is 0.674. The van der Waals surface area contributed by atoms with Gasteiger partial charge in [-0.05, 0) is 38.3 Å². The monoisotopic (exact) mass is 203 g/mol. The van der Waals surface area contributed by atoms with E-state index in [4.69, 9.17) is 4.98 Å². The van der Waals surface area contributed by atoms with Crippen molar-refractivity contribution in [1.82, 2.24) is 4.98 Å². The van der Waals surface area contributed by atoms with Gasteiger partial charge in [-0.25, -0.2) is 0 Å². The van der Waals surface area contributed by atoms with Crippen molar-refractivity contribution in [2.75, 3.05) is 0 Å². The van der Waals surface area contributed by atoms with E-state index >= 15 is 0 Å². The Morgan fingerprint density at radius 2 is 1.73 bits per heavy atom. The van der Waals surface area contributed by atoms with Crippen molar-refractivity contribution in [1.29, 1.82) is 0 Å². The van der Waals surface area contributed by atoms with Crippen LogP contribution in [0.3, 0.4) is 0 Å². The summed E-state index contributed by atoms with van der Waals surface area (Å²) in [6.45, 7) is 6.68. The summed E-state index contributed by atoms with van der Waals surface area (Å²) in [5, 5.41) is 0. The first kappa shape index (κ1) is 10.7. The van der Waals surface area contributed by atoms with Crippen LogP contribution in [0.2, 0.25) is 0 Å². The van der Waals surface area contributed by atoms with Crippen molar-refractivity contribution in [2.24, 2.45) is 0 Å². The van der Waals surface area contributed by atoms with Crippen molar-refractivity contribution >= 4 is 0 Å². The first-order chi connectivity index (χ1) is 7.12. The van der Waals surface area contributed by atoms with E-state index in [2.05, 4.69) is 32.9 Å². The zero-order valence-corrected chi connectivity index (χ0v) is 10.1. The van der Waals surface area contributed by atoms with Gasteiger partial charge in [0.15, 0.2) is 0 Å². The molecule has 1 aliphatic rings. The number of aromatic nitrogens is 1. The summed E-state index contributed by atoms with van der Waals surface area (Å²) in [7, 11) is 0. The van der Waals surface area contributed by atoms with Crippen LogP contribution in [-0.2, 0) is 5.41 Å². The van der Waals surface area contributed by atoms with Gasteiger partial charge in [0.1, 0.15) is 0 Å². The van der Waals surface area contributed by atoms with Crippen LogP contribution in [0.1, 0.15) is 56.0 Å². The molecule has 0 atom stereocenters. The predicted molar refractivity (Wildman–Crippen MR) is 64.1 cm³/mol. The van der Waals surface area contributed by atoms with E-state index in [1.54, 1.807) is 0 Å². The maximum Gasteiger partial charge on any atom is 0.0494 e. The third kappa shape index (κ3) is 2.06. The van der Waals surface area contributed by atoms with Gasteiger partial charge in [0.2, 0.25) is 0 Å². The lowest BCUT2D eigenvalue weighted by Gasteiger charge is -2.34. The van der Waals surface area contributed by atoms with Crippen molar-refractivity contribution < 1.29 is 0 Å². The number of hydrogen-bond acceptors (Lipinski definition) is 1. The molecule has 0 amide bonds. The van der Waals surface area contributed by atoms with Crippen LogP contribution >= 0.6 is 0 Å². The highest BCUT2D eigenvalue weighted by Crippen LogP contribution is 2.39. The Morgan fingerprint density at radius 1 is 1.07 bits per heavy atom. The third-order valence-corrected chi connectivity index (χ3v) is 3.77. The molecule has 82 valence electrons. The molecule has 1 aromatic rings. The standard InChI is InChI=1S/C14H21N/c1-11-7-8-12(2)15-13(11)14(3)9-5-4-6-10-14/h7-8H,4-6,9-10H2,1-3H3. The zero-order valence-electron chi connectivity index (χ0n) is 10.1. The van der Waals surface area contributed by atoms with Crippen molar-refractivity contribution in [3.05, 3.63) is 29.1 Å². The Hall–Kier alpha value is -0.850. The minimum atomic E-state index is 0.342. The van der Waals surface area contributed by atoms with Crippen LogP contribution in [0, 0.1) is 13.8 Å². The van der Waals surface area contributed by atoms with E-state index < -0.39 is 0 Å². The van der Waals surface area contributed by atoms with Crippen LogP contribution in [0.5, 0.6) is 0 Å². The molecule has 1 heterocycles. The van der Waals surface area contributed by atoms with E-state index in [1.807, 2.05) is 0 Å². The fourth-order valence-electron chi connectivity index (χ4n) is 2.81. The normalized spacial score (nSPS) is 20.2. The summed E-state index contributed by atoms with van der Waals surface area (Å²) in [6, 6.07) is 4.34. The lowest BCUT2D eigenvalue weighted by molar-refractivity contribution is 0.310. The summed E-state index contributed by atoms with van der Waals surface area (Å²) < 4.78 is 0. The fraction of sp³-hybridized carbons (Fsp3) is 0.643. The molecule has 0 spiro atoms. The van der Waals surface area contributed by atoms with Crippen LogP contribution in [0.4, 0.5) is 0 Å². The van der Waals surface area contributed by atoms with Crippen LogP contribution in [0.25, 0.3) is 0 Å². The summed E-state index contributed by atoms with van der Waals surface area (Å²) >= 11 is 0. The second-order valence-corrected chi connectivity index (χ2v) is 5.24. The molecule has 1 nitrogen and oxygen atoms in total. The maximum absolute atomic E-state index is 4.77. The molecule has 0 radical (unpaired) electrons. The molecule has 0 aliphatic heterocycles. The van der Waals surface area contributed by atoms with Crippen molar-refractivity contribution in [3.63, 3.8) is 0 Å². The molecule has 0 N–H and O–H groups in total. The Bertz CT molecular complexity index is 348. The minimum Gasteiger partial charge on any atom is -0.257 e. The number of nitrogens with zero attached hydrogens (tertiary/aromatic N) is 1. The summed E-state index contributed by atoms with van der Waals surface area (Å²) in [6.07, 6.45) is 6.76. The SMILES string of the molecule is Cc1ccc(C)c(C2(C)CCCCC2)n1. The molecule has 2 rings (SSSR count). The summed E-state index contributed by atoms with van der Waals surface area (Å²) in [5.41, 5.74) is 4.21. The lowest BCUT2D eigenvalue weighted by atomic mass is 9.72. The first-order valence-corrected chi connectivity index (χ1v) is 6.07. The molecule has 1 aliphatic carbocycles. The second-order valence-electron chi connectivity index (χ2n) is 5.24. The molecule has 1 saturated carbocycles. The number of pyridine rings is 1. The Morgan fingerprint density at radius 3 is 2.40 bits per heavy atom. The molecule has 0 aromatic carbocycles. The van der Waals surface area contributed by atoms with Crippen LogP contribution in [0.15, 0.2) is 12.1 Å². The third-order valence-electron chi connectivity index (χ3n) is 3.77. The molecule has 0 unspecified atom stereocenters. The average molecular weight is 203 g/mol. The number of aryl methyl sites for hydroxylation is 2. The van der Waals surface area contributed by atoms with Crippen LogP contribution in [-0.4, -0.2) is 4.98 Å². The van der Waals surface area contributed by atoms with Gasteiger partial charge in [0.05, 0.1) is 0 Å². The molecule has 1 heteroatoms. The highest BCUT2D eigenvalue weighted by Gasteiger charge is 2.31. The second kappa shape index (κ2) is 3.96. The van der Waals surface area contributed by atoms with E-state index in [0.717, 1.165) is 5.69 Å². The Balaban J connectivity index is 2.38. The molecule has 15 heavy (non-hydrogen) atoms. The zero-order chi connectivity index (χ0) is 10.9. The lowest BCUT2D eigenvalue weighted by Crippen LogP contribution is -2.27. The Kier molecular flexibility index (Phi) is 2.81. The van der Waals surface area contributed by atoms with Gasteiger partial charge in [0, 0.05) is 16.8 Å². The van der Waals surface area contributed by atoms with E-state index in [9.17, 15) is 0 Å². The minimum absolute atomic E-state index is 0.342. The van der Waals surface area contributed by atoms with E-state index in [0.29, 0.717) is 5.41 Å². The van der Waals surface area contributed by atoms with Crippen molar-refractivity contribution in [2.45, 2.75) is 58.3 Å². The van der Waals surface area contributed by atoms with Gasteiger partial charge in [-0.1, -0.05) is 32.3 Å². The van der Waals surface area contributed by atoms with E-state index in [1.165, 1.54) is 43.4 Å². The van der Waals surface area contributed by atoms with Gasteiger partial charge in [-0.3, -0.25) is 4.98 Å². The van der Waals surface area contributed by atoms with Gasteiger partial charge in [-0.2, -0.15) is 0 Å². The highest BCUT2D eigenvalue weighted by molar-refractivity contribution is 5.28. The van der Waals surface area contributed by atoms with Crippen molar-refractivity contribution in [3.8, 4) is 0 Å². The average Bonchev–Trinajstić information content (AvgIpc) is 2.23. The van der Waals surface area contributed by atoms with Gasteiger partial charge in [0.25, 0.3) is 0 Å². The molecular weight excluding hydrogens is 182 g/mol.